The lowest BCUT2D eigenvalue weighted by Crippen LogP contribution is -2.01. The van der Waals surface area contributed by atoms with Crippen LogP contribution < -0.4 is 0 Å². The lowest BCUT2D eigenvalue weighted by atomic mass is 10.0. The van der Waals surface area contributed by atoms with Crippen LogP contribution in [-0.4, -0.2) is 18.9 Å². The summed E-state index contributed by atoms with van der Waals surface area (Å²) in [6.07, 6.45) is 0. The zero-order valence-electron chi connectivity index (χ0n) is 20.1. The molecule has 5 heteroatoms. The van der Waals surface area contributed by atoms with Crippen LogP contribution in [0.25, 0.3) is 81.6 Å². The fourth-order valence-electron chi connectivity index (χ4n) is 6.40. The summed E-state index contributed by atoms with van der Waals surface area (Å²) in [5.74, 6) is 0.882. The second-order valence-electron chi connectivity index (χ2n) is 9.74. The molecule has 9 aromatic rings. The predicted octanol–water partition coefficient (Wildman–Crippen LogP) is 8.43. The van der Waals surface area contributed by atoms with Crippen molar-refractivity contribution in [2.45, 2.75) is 0 Å². The maximum Gasteiger partial charge on any atom is 0.332 e. The van der Waals surface area contributed by atoms with Gasteiger partial charge in [-0.15, -0.1) is 0 Å². The molecular weight excluding hydrogens is 466 g/mol. The summed E-state index contributed by atoms with van der Waals surface area (Å²) in [7, 11) is 0. The van der Waals surface area contributed by atoms with Gasteiger partial charge in [-0.2, -0.15) is 4.98 Å². The van der Waals surface area contributed by atoms with Crippen molar-refractivity contribution in [2.24, 2.45) is 0 Å². The molecule has 0 unspecified atom stereocenters. The molecule has 0 fully saturated rings. The third-order valence-corrected chi connectivity index (χ3v) is 7.88. The van der Waals surface area contributed by atoms with Gasteiger partial charge in [-0.1, -0.05) is 84.4 Å². The summed E-state index contributed by atoms with van der Waals surface area (Å²) >= 11 is 0. The number of hydrogen-bond acceptors (Lipinski definition) is 2. The van der Waals surface area contributed by atoms with E-state index in [0.717, 1.165) is 32.7 Å². The fraction of sp³-hybridized carbons (Fsp3) is 0. The van der Waals surface area contributed by atoms with Gasteiger partial charge in [0.25, 0.3) is 5.82 Å². The first kappa shape index (κ1) is 19.7. The van der Waals surface area contributed by atoms with Crippen LogP contribution in [0.5, 0.6) is 0 Å². The van der Waals surface area contributed by atoms with E-state index in [1.165, 1.54) is 38.1 Å². The van der Waals surface area contributed by atoms with E-state index in [2.05, 4.69) is 92.7 Å². The standard InChI is InChI=1S/C33H17N5/c1-34-32-21-12-2-6-14-25(21)35-33(36-32)38-27-16-8-4-11-20(27)24-18-23-19-10-3-7-15-26(19)37-28-17-9-5-13-22(28)29(30(23)37)31(24)38/h2-18H. The number of hydrogen-bond donors (Lipinski definition) is 0. The summed E-state index contributed by atoms with van der Waals surface area (Å²) in [5.41, 5.74) is 6.45. The van der Waals surface area contributed by atoms with Gasteiger partial charge in [-0.05, 0) is 30.3 Å². The van der Waals surface area contributed by atoms with Crippen LogP contribution in [-0.2, 0) is 0 Å². The zero-order chi connectivity index (χ0) is 25.0. The maximum absolute atomic E-state index is 7.85. The minimum absolute atomic E-state index is 0.364. The number of aromatic nitrogens is 4. The van der Waals surface area contributed by atoms with Crippen molar-refractivity contribution < 1.29 is 0 Å². The van der Waals surface area contributed by atoms with E-state index < -0.39 is 0 Å². The second-order valence-corrected chi connectivity index (χ2v) is 9.74. The Bertz CT molecular complexity index is 2470. The van der Waals surface area contributed by atoms with Crippen molar-refractivity contribution in [3.63, 3.8) is 0 Å². The number of para-hydroxylation sites is 4. The minimum Gasteiger partial charge on any atom is -0.360 e. The summed E-state index contributed by atoms with van der Waals surface area (Å²) in [5, 5.41) is 7.93. The third kappa shape index (κ3) is 2.26. The third-order valence-electron chi connectivity index (χ3n) is 7.88. The Labute approximate surface area is 216 Å². The van der Waals surface area contributed by atoms with Gasteiger partial charge in [0.15, 0.2) is 0 Å². The van der Waals surface area contributed by atoms with E-state index in [9.17, 15) is 0 Å². The highest BCUT2D eigenvalue weighted by molar-refractivity contribution is 6.34. The molecule has 174 valence electrons. The molecule has 9 rings (SSSR count). The minimum atomic E-state index is 0.364. The Morgan fingerprint density at radius 1 is 0.553 bits per heavy atom. The van der Waals surface area contributed by atoms with E-state index in [1.807, 2.05) is 24.3 Å². The van der Waals surface area contributed by atoms with Gasteiger partial charge >= 0.3 is 5.95 Å². The van der Waals surface area contributed by atoms with Crippen LogP contribution >= 0.6 is 0 Å². The van der Waals surface area contributed by atoms with Crippen molar-refractivity contribution >= 4 is 76.6 Å². The topological polar surface area (TPSA) is 39.5 Å². The first-order chi connectivity index (χ1) is 18.8. The van der Waals surface area contributed by atoms with Crippen LogP contribution in [0, 0.1) is 6.57 Å². The largest absolute Gasteiger partial charge is 0.360 e. The fourth-order valence-corrected chi connectivity index (χ4v) is 6.40. The molecule has 0 spiro atoms. The lowest BCUT2D eigenvalue weighted by Gasteiger charge is -2.07. The molecule has 0 radical (unpaired) electrons. The van der Waals surface area contributed by atoms with Crippen molar-refractivity contribution in [3.8, 4) is 5.95 Å². The Morgan fingerprint density at radius 2 is 1.13 bits per heavy atom. The molecule has 0 saturated carbocycles. The quantitative estimate of drug-likeness (QED) is 0.220. The number of nitrogens with zero attached hydrogens (tertiary/aromatic N) is 5. The zero-order valence-corrected chi connectivity index (χ0v) is 20.1. The Hall–Kier alpha value is -5.47. The molecule has 0 atom stereocenters. The highest BCUT2D eigenvalue weighted by Gasteiger charge is 2.26. The van der Waals surface area contributed by atoms with Gasteiger partial charge in [0.2, 0.25) is 0 Å². The van der Waals surface area contributed by atoms with Crippen molar-refractivity contribution in [1.82, 2.24) is 18.9 Å². The lowest BCUT2D eigenvalue weighted by molar-refractivity contribution is 1.02. The van der Waals surface area contributed by atoms with Crippen molar-refractivity contribution in [1.29, 1.82) is 0 Å². The molecule has 0 aliphatic rings. The van der Waals surface area contributed by atoms with E-state index in [4.69, 9.17) is 16.5 Å². The Balaban J connectivity index is 1.60. The summed E-state index contributed by atoms with van der Waals surface area (Å²) in [6, 6.07) is 35.7. The normalized spacial score (nSPS) is 12.2. The van der Waals surface area contributed by atoms with Crippen molar-refractivity contribution in [3.05, 3.63) is 115 Å². The molecule has 4 aromatic heterocycles. The number of fused-ring (bicyclic) bond motifs is 11. The molecule has 38 heavy (non-hydrogen) atoms. The van der Waals surface area contributed by atoms with Crippen molar-refractivity contribution in [2.75, 3.05) is 0 Å². The molecule has 0 amide bonds. The average Bonchev–Trinajstić information content (AvgIpc) is 3.61. The number of benzene rings is 5. The maximum atomic E-state index is 7.85. The molecule has 0 saturated heterocycles. The van der Waals surface area contributed by atoms with Gasteiger partial charge in [-0.3, -0.25) is 4.57 Å². The van der Waals surface area contributed by atoms with E-state index in [-0.39, 0.29) is 0 Å². The van der Waals surface area contributed by atoms with Crippen LogP contribution in [0.4, 0.5) is 5.82 Å². The molecule has 0 N–H and O–H groups in total. The van der Waals surface area contributed by atoms with E-state index in [1.54, 1.807) is 0 Å². The Morgan fingerprint density at radius 3 is 1.89 bits per heavy atom. The first-order valence-corrected chi connectivity index (χ1v) is 12.6. The van der Waals surface area contributed by atoms with Gasteiger partial charge in [0.1, 0.15) is 0 Å². The molecule has 4 heterocycles. The predicted molar refractivity (Wildman–Crippen MR) is 155 cm³/mol. The van der Waals surface area contributed by atoms with E-state index >= 15 is 0 Å². The summed E-state index contributed by atoms with van der Waals surface area (Å²) in [4.78, 5) is 13.6. The molecule has 0 aliphatic carbocycles. The number of rotatable bonds is 1. The monoisotopic (exact) mass is 483 g/mol. The van der Waals surface area contributed by atoms with Gasteiger partial charge in [-0.25, -0.2) is 0 Å². The van der Waals surface area contributed by atoms with Gasteiger partial charge < -0.3 is 9.25 Å². The van der Waals surface area contributed by atoms with Crippen LogP contribution in [0.15, 0.2) is 103 Å². The summed E-state index contributed by atoms with van der Waals surface area (Å²) < 4.78 is 4.55. The molecule has 0 aliphatic heterocycles. The van der Waals surface area contributed by atoms with Crippen LogP contribution in [0.1, 0.15) is 0 Å². The van der Waals surface area contributed by atoms with E-state index in [0.29, 0.717) is 11.8 Å². The molecule has 5 nitrogen and oxygen atoms in total. The highest BCUT2D eigenvalue weighted by Crippen LogP contribution is 2.46. The van der Waals surface area contributed by atoms with Gasteiger partial charge in [0, 0.05) is 37.7 Å². The SMILES string of the molecule is [C-]#[N+]c1nc(-n2c3ccccc3c3cc4c5ccccc5n5c6ccccc6c(c32)c45)nc2ccccc12. The molecular formula is C33H17N5. The average molecular weight is 484 g/mol. The highest BCUT2D eigenvalue weighted by atomic mass is 15.2. The first-order valence-electron chi connectivity index (χ1n) is 12.6. The Kier molecular flexibility index (Phi) is 3.55. The smallest absolute Gasteiger partial charge is 0.332 e. The van der Waals surface area contributed by atoms with Crippen LogP contribution in [0.3, 0.4) is 0 Å². The van der Waals surface area contributed by atoms with Crippen LogP contribution in [0.2, 0.25) is 0 Å². The molecule has 0 bridgehead atoms. The molecule has 5 aromatic carbocycles. The second kappa shape index (κ2) is 6.84. The van der Waals surface area contributed by atoms with Gasteiger partial charge in [0.05, 0.1) is 33.1 Å². The summed E-state index contributed by atoms with van der Waals surface area (Å²) in [6.45, 7) is 7.85.